The van der Waals surface area contributed by atoms with Gasteiger partial charge in [0.05, 0.1) is 30.1 Å². The highest BCUT2D eigenvalue weighted by Gasteiger charge is 2.12. The van der Waals surface area contributed by atoms with Crippen molar-refractivity contribution in [3.8, 4) is 0 Å². The van der Waals surface area contributed by atoms with E-state index in [1.807, 2.05) is 4.68 Å². The number of nitrogens with zero attached hydrogens (tertiary/aromatic N) is 2. The molecule has 1 heterocycles. The molecule has 0 saturated carbocycles. The van der Waals surface area contributed by atoms with Crippen molar-refractivity contribution in [1.29, 1.82) is 0 Å². The smallest absolute Gasteiger partial charge is 0.0817 e. The van der Waals surface area contributed by atoms with Crippen molar-refractivity contribution >= 4 is 11.6 Å². The summed E-state index contributed by atoms with van der Waals surface area (Å²) in [6, 6.07) is 0. The van der Waals surface area contributed by atoms with Gasteiger partial charge >= 0.3 is 0 Å². The molecular weight excluding hydrogens is 238 g/mol. The van der Waals surface area contributed by atoms with E-state index >= 15 is 0 Å². The Morgan fingerprint density at radius 1 is 1.59 bits per heavy atom. The van der Waals surface area contributed by atoms with Gasteiger partial charge in [0.2, 0.25) is 0 Å². The summed E-state index contributed by atoms with van der Waals surface area (Å²) in [5.74, 6) is 0.547. The first kappa shape index (κ1) is 14.5. The maximum absolute atomic E-state index is 6.16. The van der Waals surface area contributed by atoms with Crippen LogP contribution in [-0.2, 0) is 17.7 Å². The van der Waals surface area contributed by atoms with Crippen LogP contribution in [0, 0.1) is 5.92 Å². The van der Waals surface area contributed by atoms with Gasteiger partial charge in [-0.3, -0.25) is 4.68 Å². The van der Waals surface area contributed by atoms with Crippen molar-refractivity contribution in [2.45, 2.75) is 26.8 Å². The third-order valence-corrected chi connectivity index (χ3v) is 3.01. The Labute approximate surface area is 108 Å². The molecule has 1 aromatic heterocycles. The van der Waals surface area contributed by atoms with Crippen LogP contribution in [-0.4, -0.2) is 36.6 Å². The predicted molar refractivity (Wildman–Crippen MR) is 70.5 cm³/mol. The summed E-state index contributed by atoms with van der Waals surface area (Å²) >= 11 is 6.16. The summed E-state index contributed by atoms with van der Waals surface area (Å²) in [5, 5.41) is 8.37. The predicted octanol–water partition coefficient (Wildman–Crippen LogP) is 1.97. The molecule has 0 aliphatic rings. The molecule has 0 spiro atoms. The van der Waals surface area contributed by atoms with E-state index in [0.29, 0.717) is 12.5 Å². The Balaban J connectivity index is 2.58. The molecule has 0 aromatic carbocycles. The minimum atomic E-state index is 0.547. The van der Waals surface area contributed by atoms with Crippen molar-refractivity contribution in [3.63, 3.8) is 0 Å². The molecule has 1 rings (SSSR count). The zero-order valence-corrected chi connectivity index (χ0v) is 11.6. The standard InChI is InChI=1S/C12H22ClN3O/c1-4-14-8-10(2)7-12-11(13)9-15-16(12)5-6-17-3/h9-10,14H,4-8H2,1-3H3. The van der Waals surface area contributed by atoms with Gasteiger partial charge in [0.15, 0.2) is 0 Å². The minimum Gasteiger partial charge on any atom is -0.383 e. The maximum Gasteiger partial charge on any atom is 0.0817 e. The fourth-order valence-electron chi connectivity index (χ4n) is 1.75. The molecule has 1 atom stereocenters. The van der Waals surface area contributed by atoms with Gasteiger partial charge in [-0.15, -0.1) is 0 Å². The number of hydrogen-bond donors (Lipinski definition) is 1. The molecular formula is C12H22ClN3O. The number of rotatable bonds is 8. The Morgan fingerprint density at radius 3 is 3.00 bits per heavy atom. The third kappa shape index (κ3) is 4.66. The first-order valence-corrected chi connectivity index (χ1v) is 6.46. The van der Waals surface area contributed by atoms with Gasteiger partial charge in [-0.2, -0.15) is 5.10 Å². The van der Waals surface area contributed by atoms with Crippen LogP contribution in [0.15, 0.2) is 6.20 Å². The Hall–Kier alpha value is -0.580. The monoisotopic (exact) mass is 259 g/mol. The zero-order chi connectivity index (χ0) is 12.7. The van der Waals surface area contributed by atoms with Crippen molar-refractivity contribution in [1.82, 2.24) is 15.1 Å². The molecule has 1 N–H and O–H groups in total. The summed E-state index contributed by atoms with van der Waals surface area (Å²) < 4.78 is 7.00. The lowest BCUT2D eigenvalue weighted by Crippen LogP contribution is -2.23. The van der Waals surface area contributed by atoms with E-state index in [1.165, 1.54) is 0 Å². The fourth-order valence-corrected chi connectivity index (χ4v) is 1.97. The van der Waals surface area contributed by atoms with Crippen LogP contribution in [0.3, 0.4) is 0 Å². The van der Waals surface area contributed by atoms with Gasteiger partial charge < -0.3 is 10.1 Å². The zero-order valence-electron chi connectivity index (χ0n) is 10.9. The summed E-state index contributed by atoms with van der Waals surface area (Å²) in [5.41, 5.74) is 1.11. The summed E-state index contributed by atoms with van der Waals surface area (Å²) in [4.78, 5) is 0. The first-order valence-electron chi connectivity index (χ1n) is 6.08. The topological polar surface area (TPSA) is 39.1 Å². The molecule has 98 valence electrons. The minimum absolute atomic E-state index is 0.547. The number of ether oxygens (including phenoxy) is 1. The van der Waals surface area contributed by atoms with E-state index < -0.39 is 0 Å². The van der Waals surface area contributed by atoms with Crippen molar-refractivity contribution in [2.24, 2.45) is 5.92 Å². The van der Waals surface area contributed by atoms with Crippen molar-refractivity contribution < 1.29 is 4.74 Å². The van der Waals surface area contributed by atoms with Gasteiger partial charge in [-0.05, 0) is 25.4 Å². The van der Waals surface area contributed by atoms with Crippen LogP contribution >= 0.6 is 11.6 Å². The Bertz CT molecular complexity index is 328. The lowest BCUT2D eigenvalue weighted by atomic mass is 10.1. The number of hydrogen-bond acceptors (Lipinski definition) is 3. The quantitative estimate of drug-likeness (QED) is 0.776. The normalized spacial score (nSPS) is 12.9. The Morgan fingerprint density at radius 2 is 2.35 bits per heavy atom. The maximum atomic E-state index is 6.16. The first-order chi connectivity index (χ1) is 8.19. The van der Waals surface area contributed by atoms with Crippen molar-refractivity contribution in [2.75, 3.05) is 26.8 Å². The molecule has 0 bridgehead atoms. The molecule has 1 aromatic rings. The van der Waals surface area contributed by atoms with Gasteiger partial charge in [-0.25, -0.2) is 0 Å². The van der Waals surface area contributed by atoms with Gasteiger partial charge in [0.25, 0.3) is 0 Å². The van der Waals surface area contributed by atoms with Crippen LogP contribution in [0.4, 0.5) is 0 Å². The van der Waals surface area contributed by atoms with Gasteiger partial charge in [0.1, 0.15) is 0 Å². The van der Waals surface area contributed by atoms with E-state index in [1.54, 1.807) is 13.3 Å². The molecule has 0 fully saturated rings. The SMILES string of the molecule is CCNCC(C)Cc1c(Cl)cnn1CCOC. The second-order valence-corrected chi connectivity index (χ2v) is 4.68. The van der Waals surface area contributed by atoms with E-state index in [2.05, 4.69) is 24.3 Å². The molecule has 4 nitrogen and oxygen atoms in total. The molecule has 0 aliphatic heterocycles. The highest BCUT2D eigenvalue weighted by molar-refractivity contribution is 6.31. The summed E-state index contributed by atoms with van der Waals surface area (Å²) in [6.07, 6.45) is 2.65. The number of aromatic nitrogens is 2. The van der Waals surface area contributed by atoms with Gasteiger partial charge in [0, 0.05) is 7.11 Å². The molecule has 17 heavy (non-hydrogen) atoms. The van der Waals surface area contributed by atoms with Crippen LogP contribution in [0.2, 0.25) is 5.02 Å². The highest BCUT2D eigenvalue weighted by Crippen LogP contribution is 2.18. The molecule has 5 heteroatoms. The summed E-state index contributed by atoms with van der Waals surface area (Å²) in [6.45, 7) is 7.75. The molecule has 0 radical (unpaired) electrons. The molecule has 1 unspecified atom stereocenters. The lowest BCUT2D eigenvalue weighted by molar-refractivity contribution is 0.182. The molecule has 0 amide bonds. The molecule has 0 aliphatic carbocycles. The Kier molecular flexibility index (Phi) is 6.55. The number of halogens is 1. The largest absolute Gasteiger partial charge is 0.383 e. The average Bonchev–Trinajstić information content (AvgIpc) is 2.66. The third-order valence-electron chi connectivity index (χ3n) is 2.69. The summed E-state index contributed by atoms with van der Waals surface area (Å²) in [7, 11) is 1.69. The van der Waals surface area contributed by atoms with E-state index in [0.717, 1.165) is 36.8 Å². The second-order valence-electron chi connectivity index (χ2n) is 4.27. The van der Waals surface area contributed by atoms with Crippen molar-refractivity contribution in [3.05, 3.63) is 16.9 Å². The van der Waals surface area contributed by atoms with E-state index in [-0.39, 0.29) is 0 Å². The average molecular weight is 260 g/mol. The van der Waals surface area contributed by atoms with E-state index in [9.17, 15) is 0 Å². The van der Waals surface area contributed by atoms with Crippen LogP contribution in [0.1, 0.15) is 19.5 Å². The highest BCUT2D eigenvalue weighted by atomic mass is 35.5. The molecule has 0 saturated heterocycles. The van der Waals surface area contributed by atoms with Crippen LogP contribution < -0.4 is 5.32 Å². The van der Waals surface area contributed by atoms with Gasteiger partial charge in [-0.1, -0.05) is 25.4 Å². The van der Waals surface area contributed by atoms with Crippen LogP contribution in [0.5, 0.6) is 0 Å². The number of nitrogens with one attached hydrogen (secondary N) is 1. The van der Waals surface area contributed by atoms with E-state index in [4.69, 9.17) is 16.3 Å². The second kappa shape index (κ2) is 7.69. The van der Waals surface area contributed by atoms with Crippen LogP contribution in [0.25, 0.3) is 0 Å². The lowest BCUT2D eigenvalue weighted by Gasteiger charge is -2.13. The fraction of sp³-hybridized carbons (Fsp3) is 0.750. The number of methoxy groups -OCH3 is 1.